The van der Waals surface area contributed by atoms with Crippen molar-refractivity contribution in [2.45, 2.75) is 63.9 Å². The van der Waals surface area contributed by atoms with E-state index in [1.807, 2.05) is 0 Å². The molecule has 6 aliphatic rings. The SMILES string of the molecule is O=C(OCC(COC(=O)C1CCC2C(=O)OC(=O)C2C1)OC(=O)C1CCCC2C(=O)OC(=O)C21)C1CCC2C(=O)OC(=O)C2C1. The lowest BCUT2D eigenvalue weighted by molar-refractivity contribution is -0.176. The Kier molecular flexibility index (Phi) is 8.44. The van der Waals surface area contributed by atoms with Crippen LogP contribution in [0, 0.1) is 53.3 Å². The van der Waals surface area contributed by atoms with Gasteiger partial charge in [0.25, 0.3) is 0 Å². The van der Waals surface area contributed by atoms with Gasteiger partial charge in [-0.1, -0.05) is 6.42 Å². The van der Waals surface area contributed by atoms with Gasteiger partial charge in [0, 0.05) is 0 Å². The summed E-state index contributed by atoms with van der Waals surface area (Å²) < 4.78 is 30.6. The predicted molar refractivity (Wildman–Crippen MR) is 138 cm³/mol. The average Bonchev–Trinajstić information content (AvgIpc) is 3.61. The molecule has 0 N–H and O–H groups in total. The summed E-state index contributed by atoms with van der Waals surface area (Å²) in [6.45, 7) is -1.04. The van der Waals surface area contributed by atoms with Gasteiger partial charge >= 0.3 is 53.7 Å². The summed E-state index contributed by atoms with van der Waals surface area (Å²) in [7, 11) is 0. The van der Waals surface area contributed by atoms with Gasteiger partial charge in [-0.25, -0.2) is 0 Å². The van der Waals surface area contributed by atoms with Crippen molar-refractivity contribution in [2.24, 2.45) is 53.3 Å². The first-order valence-corrected chi connectivity index (χ1v) is 15.3. The molecule has 0 bridgehead atoms. The van der Waals surface area contributed by atoms with Crippen molar-refractivity contribution in [3.05, 3.63) is 0 Å². The molecule has 3 aliphatic carbocycles. The monoisotopic (exact) mass is 632 g/mol. The van der Waals surface area contributed by atoms with Crippen molar-refractivity contribution in [1.82, 2.24) is 0 Å². The van der Waals surface area contributed by atoms with Crippen LogP contribution < -0.4 is 0 Å². The minimum atomic E-state index is -1.29. The molecule has 3 aliphatic heterocycles. The van der Waals surface area contributed by atoms with Crippen LogP contribution in [0.3, 0.4) is 0 Å². The maximum atomic E-state index is 13.3. The molecule has 15 heteroatoms. The quantitative estimate of drug-likeness (QED) is 0.201. The van der Waals surface area contributed by atoms with Crippen LogP contribution in [0.4, 0.5) is 0 Å². The lowest BCUT2D eigenvalue weighted by Crippen LogP contribution is -2.41. The minimum absolute atomic E-state index is 0.0591. The van der Waals surface area contributed by atoms with Gasteiger partial charge in [0.2, 0.25) is 0 Å². The number of cyclic esters (lactones) is 6. The molecular weight excluding hydrogens is 600 g/mol. The minimum Gasteiger partial charge on any atom is -0.461 e. The van der Waals surface area contributed by atoms with Gasteiger partial charge in [-0.2, -0.15) is 0 Å². The third kappa shape index (κ3) is 5.96. The van der Waals surface area contributed by atoms with Gasteiger partial charge in [-0.05, 0) is 51.4 Å². The van der Waals surface area contributed by atoms with Gasteiger partial charge in [0.05, 0.1) is 53.3 Å². The molecule has 9 unspecified atom stereocenters. The van der Waals surface area contributed by atoms with Crippen LogP contribution in [0.1, 0.15) is 57.8 Å². The molecule has 0 aromatic heterocycles. The zero-order valence-electron chi connectivity index (χ0n) is 24.2. The third-order valence-electron chi connectivity index (χ3n) is 10.1. The first-order chi connectivity index (χ1) is 21.5. The fourth-order valence-corrected chi connectivity index (χ4v) is 7.61. The van der Waals surface area contributed by atoms with Gasteiger partial charge in [0.15, 0.2) is 6.10 Å². The zero-order valence-corrected chi connectivity index (χ0v) is 24.2. The van der Waals surface area contributed by atoms with Gasteiger partial charge in [-0.15, -0.1) is 0 Å². The lowest BCUT2D eigenvalue weighted by atomic mass is 9.73. The van der Waals surface area contributed by atoms with Crippen LogP contribution in [-0.4, -0.2) is 73.0 Å². The Morgan fingerprint density at radius 3 is 1.56 bits per heavy atom. The largest absolute Gasteiger partial charge is 0.461 e. The van der Waals surface area contributed by atoms with Crippen molar-refractivity contribution in [3.63, 3.8) is 0 Å². The topological polar surface area (TPSA) is 209 Å². The van der Waals surface area contributed by atoms with Crippen molar-refractivity contribution >= 4 is 53.7 Å². The van der Waals surface area contributed by atoms with Gasteiger partial charge in [-0.3, -0.25) is 43.2 Å². The molecule has 9 atom stereocenters. The van der Waals surface area contributed by atoms with E-state index in [1.54, 1.807) is 0 Å². The highest BCUT2D eigenvalue weighted by molar-refractivity contribution is 5.99. The number of carbonyl (C=O) groups is 9. The van der Waals surface area contributed by atoms with Crippen LogP contribution in [0.25, 0.3) is 0 Å². The smallest absolute Gasteiger partial charge is 0.318 e. The van der Waals surface area contributed by atoms with E-state index < -0.39 is 126 Å². The summed E-state index contributed by atoms with van der Waals surface area (Å²) in [5.41, 5.74) is 0. The number of rotatable bonds is 8. The molecule has 0 spiro atoms. The Bertz CT molecular complexity index is 1280. The van der Waals surface area contributed by atoms with Gasteiger partial charge in [0.1, 0.15) is 13.2 Å². The van der Waals surface area contributed by atoms with E-state index in [2.05, 4.69) is 9.47 Å². The van der Waals surface area contributed by atoms with Crippen LogP contribution in [0.2, 0.25) is 0 Å². The fraction of sp³-hybridized carbons (Fsp3) is 0.700. The maximum Gasteiger partial charge on any atom is 0.318 e. The van der Waals surface area contributed by atoms with Crippen molar-refractivity contribution in [3.8, 4) is 0 Å². The highest BCUT2D eigenvalue weighted by Crippen LogP contribution is 2.43. The number of ether oxygens (including phenoxy) is 6. The standard InChI is InChI=1S/C30H32O15/c31-22(12-4-6-15-19(8-12)28(37)43-24(15)33)40-10-14(42-26(35)17-2-1-3-18-21(17)30(39)45-27(18)36)11-41-23(32)13-5-7-16-20(9-13)29(38)44-25(16)34/h12-21H,1-11H2. The van der Waals surface area contributed by atoms with E-state index in [4.69, 9.17) is 18.9 Å². The maximum absolute atomic E-state index is 13.3. The number of hydrogen-bond acceptors (Lipinski definition) is 15. The van der Waals surface area contributed by atoms with Crippen LogP contribution in [-0.2, 0) is 71.6 Å². The van der Waals surface area contributed by atoms with E-state index in [-0.39, 0.29) is 44.9 Å². The molecule has 242 valence electrons. The first-order valence-electron chi connectivity index (χ1n) is 15.3. The second kappa shape index (κ2) is 12.3. The van der Waals surface area contributed by atoms with E-state index in [9.17, 15) is 43.2 Å². The molecule has 0 aromatic carbocycles. The van der Waals surface area contributed by atoms with Crippen molar-refractivity contribution in [2.75, 3.05) is 13.2 Å². The number of hydrogen-bond donors (Lipinski definition) is 0. The highest BCUT2D eigenvalue weighted by atomic mass is 16.6. The van der Waals surface area contributed by atoms with Gasteiger partial charge < -0.3 is 28.4 Å². The van der Waals surface area contributed by atoms with E-state index in [0.717, 1.165) is 0 Å². The predicted octanol–water partition coefficient (Wildman–Crippen LogP) is 0.332. The summed E-state index contributed by atoms with van der Waals surface area (Å²) in [5, 5.41) is 0. The van der Waals surface area contributed by atoms with E-state index in [0.29, 0.717) is 12.8 Å². The summed E-state index contributed by atoms with van der Waals surface area (Å²) in [5.74, 6) is -13.1. The Hall–Kier alpha value is -4.17. The second-order valence-electron chi connectivity index (χ2n) is 12.7. The molecule has 3 saturated carbocycles. The molecular formula is C30H32O15. The Morgan fingerprint density at radius 2 is 1.02 bits per heavy atom. The third-order valence-corrected chi connectivity index (χ3v) is 10.1. The lowest BCUT2D eigenvalue weighted by Gasteiger charge is -2.30. The van der Waals surface area contributed by atoms with Crippen LogP contribution in [0.15, 0.2) is 0 Å². The summed E-state index contributed by atoms with van der Waals surface area (Å²) >= 11 is 0. The molecule has 45 heavy (non-hydrogen) atoms. The number of fused-ring (bicyclic) bond motifs is 3. The summed E-state index contributed by atoms with van der Waals surface area (Å²) in [6.07, 6.45) is 1.04. The summed E-state index contributed by atoms with van der Waals surface area (Å²) in [6, 6.07) is 0. The molecule has 0 radical (unpaired) electrons. The molecule has 15 nitrogen and oxygen atoms in total. The Balaban J connectivity index is 1.09. The normalized spacial score (nSPS) is 36.1. The Morgan fingerprint density at radius 1 is 0.556 bits per heavy atom. The molecule has 0 aromatic rings. The zero-order chi connectivity index (χ0) is 32.0. The Labute approximate surface area is 255 Å². The van der Waals surface area contributed by atoms with Crippen molar-refractivity contribution in [1.29, 1.82) is 0 Å². The molecule has 3 saturated heterocycles. The van der Waals surface area contributed by atoms with E-state index in [1.165, 1.54) is 0 Å². The fourth-order valence-electron chi connectivity index (χ4n) is 7.61. The van der Waals surface area contributed by atoms with E-state index >= 15 is 0 Å². The molecule has 6 fully saturated rings. The van der Waals surface area contributed by atoms with Crippen molar-refractivity contribution < 1.29 is 71.6 Å². The second-order valence-corrected chi connectivity index (χ2v) is 12.7. The molecule has 0 amide bonds. The first kappa shape index (κ1) is 30.8. The van der Waals surface area contributed by atoms with Crippen LogP contribution in [0.5, 0.6) is 0 Å². The van der Waals surface area contributed by atoms with Crippen LogP contribution >= 0.6 is 0 Å². The summed E-state index contributed by atoms with van der Waals surface area (Å²) in [4.78, 5) is 111. The molecule has 6 rings (SSSR count). The average molecular weight is 633 g/mol. The number of carbonyl (C=O) groups excluding carboxylic acids is 9. The molecule has 3 heterocycles. The highest BCUT2D eigenvalue weighted by Gasteiger charge is 2.54. The number of esters is 9.